The van der Waals surface area contributed by atoms with E-state index in [9.17, 15) is 4.39 Å². The Morgan fingerprint density at radius 1 is 1.11 bits per heavy atom. The van der Waals surface area contributed by atoms with Crippen LogP contribution in [0, 0.1) is 11.2 Å². The molecule has 0 saturated carbocycles. The SMILES string of the molecule is Cl.N=C(N)c1ccc(COc2ccccc2F)cc1. The van der Waals surface area contributed by atoms with E-state index in [4.69, 9.17) is 15.9 Å². The highest BCUT2D eigenvalue weighted by Gasteiger charge is 2.02. The zero-order chi connectivity index (χ0) is 13.0. The fourth-order valence-corrected chi connectivity index (χ4v) is 1.50. The van der Waals surface area contributed by atoms with Gasteiger partial charge in [-0.3, -0.25) is 5.41 Å². The molecule has 3 nitrogen and oxygen atoms in total. The van der Waals surface area contributed by atoms with E-state index >= 15 is 0 Å². The van der Waals surface area contributed by atoms with Gasteiger partial charge in [0.15, 0.2) is 11.6 Å². The molecule has 19 heavy (non-hydrogen) atoms. The van der Waals surface area contributed by atoms with Gasteiger partial charge in [0.05, 0.1) is 0 Å². The molecule has 2 aromatic rings. The summed E-state index contributed by atoms with van der Waals surface area (Å²) in [4.78, 5) is 0. The summed E-state index contributed by atoms with van der Waals surface area (Å²) in [5.41, 5.74) is 6.90. The molecule has 0 amide bonds. The van der Waals surface area contributed by atoms with E-state index in [1.807, 2.05) is 0 Å². The fourth-order valence-electron chi connectivity index (χ4n) is 1.50. The summed E-state index contributed by atoms with van der Waals surface area (Å²) in [6.45, 7) is 0.277. The summed E-state index contributed by atoms with van der Waals surface area (Å²) in [5.74, 6) is -0.123. The summed E-state index contributed by atoms with van der Waals surface area (Å²) < 4.78 is 18.7. The van der Waals surface area contributed by atoms with Crippen molar-refractivity contribution in [2.75, 3.05) is 0 Å². The van der Waals surface area contributed by atoms with Crippen molar-refractivity contribution in [3.05, 3.63) is 65.5 Å². The zero-order valence-electron chi connectivity index (χ0n) is 10.1. The number of rotatable bonds is 4. The van der Waals surface area contributed by atoms with E-state index in [-0.39, 0.29) is 36.4 Å². The predicted octanol–water partition coefficient (Wildman–Crippen LogP) is 3.11. The van der Waals surface area contributed by atoms with Gasteiger partial charge in [-0.15, -0.1) is 12.4 Å². The molecule has 0 atom stereocenters. The van der Waals surface area contributed by atoms with Crippen LogP contribution in [0.2, 0.25) is 0 Å². The molecular weight excluding hydrogens is 267 g/mol. The number of halogens is 2. The third kappa shape index (κ3) is 3.96. The topological polar surface area (TPSA) is 59.1 Å². The number of nitrogen functional groups attached to an aromatic ring is 1. The maximum Gasteiger partial charge on any atom is 0.165 e. The smallest absolute Gasteiger partial charge is 0.165 e. The van der Waals surface area contributed by atoms with Crippen LogP contribution in [-0.2, 0) is 6.61 Å². The Morgan fingerprint density at radius 2 is 1.74 bits per heavy atom. The summed E-state index contributed by atoms with van der Waals surface area (Å²) in [6, 6.07) is 13.4. The molecule has 0 unspecified atom stereocenters. The maximum absolute atomic E-state index is 13.3. The normalized spacial score (nSPS) is 9.53. The Bertz CT molecular complexity index is 558. The Labute approximate surface area is 117 Å². The fraction of sp³-hybridized carbons (Fsp3) is 0.0714. The summed E-state index contributed by atoms with van der Waals surface area (Å²) >= 11 is 0. The minimum atomic E-state index is -0.377. The third-order valence-corrected chi connectivity index (χ3v) is 2.50. The van der Waals surface area contributed by atoms with Crippen LogP contribution in [-0.4, -0.2) is 5.84 Å². The molecule has 0 saturated heterocycles. The van der Waals surface area contributed by atoms with Gasteiger partial charge in [-0.1, -0.05) is 36.4 Å². The highest BCUT2D eigenvalue weighted by atomic mass is 35.5. The molecule has 0 aromatic heterocycles. The van der Waals surface area contributed by atoms with Crippen LogP contribution in [0.25, 0.3) is 0 Å². The Balaban J connectivity index is 0.00000180. The minimum absolute atomic E-state index is 0. The van der Waals surface area contributed by atoms with Crippen LogP contribution in [0.1, 0.15) is 11.1 Å². The first kappa shape index (κ1) is 15.0. The van der Waals surface area contributed by atoms with Gasteiger partial charge in [-0.25, -0.2) is 4.39 Å². The van der Waals surface area contributed by atoms with Crippen molar-refractivity contribution in [1.82, 2.24) is 0 Å². The van der Waals surface area contributed by atoms with Crippen molar-refractivity contribution >= 4 is 18.2 Å². The summed E-state index contributed by atoms with van der Waals surface area (Å²) in [7, 11) is 0. The molecule has 0 fully saturated rings. The highest BCUT2D eigenvalue weighted by Crippen LogP contribution is 2.17. The van der Waals surface area contributed by atoms with Crippen molar-refractivity contribution < 1.29 is 9.13 Å². The second-order valence-electron chi connectivity index (χ2n) is 3.83. The maximum atomic E-state index is 13.3. The molecule has 0 aliphatic heterocycles. The number of nitrogens with two attached hydrogens (primary N) is 1. The van der Waals surface area contributed by atoms with Gasteiger partial charge < -0.3 is 10.5 Å². The molecule has 3 N–H and O–H groups in total. The molecule has 0 spiro atoms. The van der Waals surface area contributed by atoms with Crippen LogP contribution < -0.4 is 10.5 Å². The monoisotopic (exact) mass is 280 g/mol. The van der Waals surface area contributed by atoms with E-state index in [0.717, 1.165) is 5.56 Å². The Hall–Kier alpha value is -2.07. The molecule has 0 bridgehead atoms. The highest BCUT2D eigenvalue weighted by molar-refractivity contribution is 5.94. The first-order valence-electron chi connectivity index (χ1n) is 5.47. The van der Waals surface area contributed by atoms with Gasteiger partial charge in [0.25, 0.3) is 0 Å². The predicted molar refractivity (Wildman–Crippen MR) is 75.4 cm³/mol. The molecule has 5 heteroatoms. The largest absolute Gasteiger partial charge is 0.486 e. The van der Waals surface area contributed by atoms with E-state index in [1.165, 1.54) is 6.07 Å². The van der Waals surface area contributed by atoms with Crippen LogP contribution >= 0.6 is 12.4 Å². The van der Waals surface area contributed by atoms with Crippen LogP contribution in [0.3, 0.4) is 0 Å². The van der Waals surface area contributed by atoms with Crippen molar-refractivity contribution in [1.29, 1.82) is 5.41 Å². The number of hydrogen-bond donors (Lipinski definition) is 2. The van der Waals surface area contributed by atoms with Gasteiger partial charge >= 0.3 is 0 Å². The first-order valence-corrected chi connectivity index (χ1v) is 5.47. The second kappa shape index (κ2) is 6.75. The van der Waals surface area contributed by atoms with Crippen molar-refractivity contribution in [3.63, 3.8) is 0 Å². The quantitative estimate of drug-likeness (QED) is 0.668. The Kier molecular flexibility index (Phi) is 5.33. The van der Waals surface area contributed by atoms with E-state index in [2.05, 4.69) is 0 Å². The first-order chi connectivity index (χ1) is 8.66. The molecule has 2 rings (SSSR count). The van der Waals surface area contributed by atoms with E-state index in [1.54, 1.807) is 42.5 Å². The van der Waals surface area contributed by atoms with Crippen LogP contribution in [0.4, 0.5) is 4.39 Å². The lowest BCUT2D eigenvalue weighted by atomic mass is 10.1. The number of benzene rings is 2. The van der Waals surface area contributed by atoms with Gasteiger partial charge in [0.1, 0.15) is 12.4 Å². The molecule has 100 valence electrons. The van der Waals surface area contributed by atoms with Crippen LogP contribution in [0.5, 0.6) is 5.75 Å². The molecule has 0 aliphatic carbocycles. The number of para-hydroxylation sites is 1. The molecule has 2 aromatic carbocycles. The number of nitrogens with one attached hydrogen (secondary N) is 1. The summed E-state index contributed by atoms with van der Waals surface area (Å²) in [5, 5.41) is 7.27. The lowest BCUT2D eigenvalue weighted by Gasteiger charge is -2.07. The molecular formula is C14H14ClFN2O. The molecule has 0 radical (unpaired) electrons. The Morgan fingerprint density at radius 3 is 2.32 bits per heavy atom. The lowest BCUT2D eigenvalue weighted by molar-refractivity contribution is 0.290. The average Bonchev–Trinajstić information content (AvgIpc) is 2.38. The van der Waals surface area contributed by atoms with Crippen molar-refractivity contribution in [3.8, 4) is 5.75 Å². The van der Waals surface area contributed by atoms with Gasteiger partial charge in [-0.05, 0) is 17.7 Å². The van der Waals surface area contributed by atoms with E-state index < -0.39 is 0 Å². The summed E-state index contributed by atoms with van der Waals surface area (Å²) in [6.07, 6.45) is 0. The van der Waals surface area contributed by atoms with Gasteiger partial charge in [-0.2, -0.15) is 0 Å². The second-order valence-corrected chi connectivity index (χ2v) is 3.83. The number of ether oxygens (including phenoxy) is 1. The average molecular weight is 281 g/mol. The third-order valence-electron chi connectivity index (χ3n) is 2.50. The lowest BCUT2D eigenvalue weighted by Crippen LogP contribution is -2.10. The van der Waals surface area contributed by atoms with Crippen molar-refractivity contribution in [2.24, 2.45) is 5.73 Å². The molecule has 0 heterocycles. The molecule has 0 aliphatic rings. The minimum Gasteiger partial charge on any atom is -0.486 e. The van der Waals surface area contributed by atoms with E-state index in [0.29, 0.717) is 5.56 Å². The van der Waals surface area contributed by atoms with Gasteiger partial charge in [0.2, 0.25) is 0 Å². The van der Waals surface area contributed by atoms with Crippen LogP contribution in [0.15, 0.2) is 48.5 Å². The van der Waals surface area contributed by atoms with Crippen molar-refractivity contribution in [2.45, 2.75) is 6.61 Å². The van der Waals surface area contributed by atoms with Gasteiger partial charge in [0, 0.05) is 5.56 Å². The standard InChI is InChI=1S/C14H13FN2O.ClH/c15-12-3-1-2-4-13(12)18-9-10-5-7-11(8-6-10)14(16)17;/h1-8H,9H2,(H3,16,17);1H. The zero-order valence-corrected chi connectivity index (χ0v) is 10.9. The number of hydrogen-bond acceptors (Lipinski definition) is 2. The number of amidine groups is 1.